The lowest BCUT2D eigenvalue weighted by Gasteiger charge is -2.17. The smallest absolute Gasteiger partial charge is 0.172 e. The summed E-state index contributed by atoms with van der Waals surface area (Å²) in [6, 6.07) is 0. The summed E-state index contributed by atoms with van der Waals surface area (Å²) in [5.41, 5.74) is 1.04. The van der Waals surface area contributed by atoms with Crippen molar-refractivity contribution in [3.63, 3.8) is 0 Å². The molecule has 1 unspecified atom stereocenters. The van der Waals surface area contributed by atoms with Crippen LogP contribution < -0.4 is 5.32 Å². The van der Waals surface area contributed by atoms with Gasteiger partial charge in [-0.3, -0.25) is 5.32 Å². The van der Waals surface area contributed by atoms with Gasteiger partial charge in [0.1, 0.15) is 0 Å². The summed E-state index contributed by atoms with van der Waals surface area (Å²) >= 11 is 0. The second-order valence-corrected chi connectivity index (χ2v) is 2.84. The van der Waals surface area contributed by atoms with Crippen molar-refractivity contribution in [3.05, 3.63) is 12.3 Å². The summed E-state index contributed by atoms with van der Waals surface area (Å²) in [4.78, 5) is 1.98. The van der Waals surface area contributed by atoms with Gasteiger partial charge in [0.05, 0.1) is 6.73 Å². The minimum Gasteiger partial charge on any atom is -0.381 e. The maximum absolute atomic E-state index is 8.54. The average Bonchev–Trinajstić information content (AvgIpc) is 2.82. The molecule has 1 rings (SSSR count). The number of nitrogens with one attached hydrogen (secondary N) is 1. The first-order valence-corrected chi connectivity index (χ1v) is 4.11. The highest BCUT2D eigenvalue weighted by Gasteiger charge is 2.41. The lowest BCUT2D eigenvalue weighted by Crippen LogP contribution is -2.28. The number of allylic oxidation sites excluding steroid dienone is 1. The highest BCUT2D eigenvalue weighted by Crippen LogP contribution is 2.25. The highest BCUT2D eigenvalue weighted by atomic mass is 16.6. The van der Waals surface area contributed by atoms with Gasteiger partial charge in [0.2, 0.25) is 0 Å². The molecular formula is C8H16N2O2. The molecule has 4 heteroatoms. The summed E-state index contributed by atoms with van der Waals surface area (Å²) in [6.45, 7) is 5.89. The fraction of sp³-hybridized carbons (Fsp3) is 0.750. The predicted molar refractivity (Wildman–Crippen MR) is 46.1 cm³/mol. The summed E-state index contributed by atoms with van der Waals surface area (Å²) in [7, 11) is 1.94. The van der Waals surface area contributed by atoms with Crippen LogP contribution in [0.15, 0.2) is 12.3 Å². The second kappa shape index (κ2) is 3.89. The topological polar surface area (TPSA) is 48.0 Å². The Morgan fingerprint density at radius 3 is 2.92 bits per heavy atom. The van der Waals surface area contributed by atoms with Crippen molar-refractivity contribution in [1.29, 1.82) is 0 Å². The molecule has 0 aliphatic carbocycles. The van der Waals surface area contributed by atoms with Gasteiger partial charge in [-0.25, -0.2) is 0 Å². The standard InChI is InChI=1S/C8H16N2O2/c1-4-6(2)10(3)8-7(12-8)9-5-11/h7-9,11H,2,4-5H2,1,3H3/t7?,8-/m1/s1. The first-order valence-electron chi connectivity index (χ1n) is 4.11. The van der Waals surface area contributed by atoms with E-state index >= 15 is 0 Å². The quantitative estimate of drug-likeness (QED) is 0.455. The third-order valence-corrected chi connectivity index (χ3v) is 2.05. The van der Waals surface area contributed by atoms with E-state index in [9.17, 15) is 0 Å². The van der Waals surface area contributed by atoms with Crippen LogP contribution in [0.4, 0.5) is 0 Å². The molecule has 0 aromatic carbocycles. The van der Waals surface area contributed by atoms with Crippen LogP contribution in [0.25, 0.3) is 0 Å². The van der Waals surface area contributed by atoms with E-state index < -0.39 is 0 Å². The molecule has 0 bridgehead atoms. The molecule has 1 fully saturated rings. The van der Waals surface area contributed by atoms with Crippen molar-refractivity contribution in [2.45, 2.75) is 25.8 Å². The molecule has 4 nitrogen and oxygen atoms in total. The van der Waals surface area contributed by atoms with Crippen LogP contribution in [-0.4, -0.2) is 36.2 Å². The Bertz CT molecular complexity index is 172. The van der Waals surface area contributed by atoms with Gasteiger partial charge >= 0.3 is 0 Å². The van der Waals surface area contributed by atoms with Gasteiger partial charge in [-0.1, -0.05) is 13.5 Å². The fourth-order valence-electron chi connectivity index (χ4n) is 1.07. The van der Waals surface area contributed by atoms with Crippen LogP contribution in [0.1, 0.15) is 13.3 Å². The van der Waals surface area contributed by atoms with Gasteiger partial charge in [0.15, 0.2) is 12.5 Å². The molecule has 0 amide bonds. The summed E-state index contributed by atoms with van der Waals surface area (Å²) in [6.07, 6.45) is 0.926. The van der Waals surface area contributed by atoms with Crippen molar-refractivity contribution >= 4 is 0 Å². The van der Waals surface area contributed by atoms with Gasteiger partial charge in [0, 0.05) is 12.7 Å². The molecule has 1 aliphatic heterocycles. The van der Waals surface area contributed by atoms with E-state index in [-0.39, 0.29) is 19.2 Å². The molecule has 2 N–H and O–H groups in total. The Balaban J connectivity index is 2.27. The van der Waals surface area contributed by atoms with Gasteiger partial charge in [-0.15, -0.1) is 0 Å². The predicted octanol–water partition coefficient (Wildman–Crippen LogP) is 0.0637. The number of likely N-dealkylation sites (N-methyl/N-ethyl adjacent to an activating group) is 1. The number of aliphatic hydroxyl groups excluding tert-OH is 1. The third-order valence-electron chi connectivity index (χ3n) is 2.05. The van der Waals surface area contributed by atoms with Crippen molar-refractivity contribution in [2.24, 2.45) is 0 Å². The van der Waals surface area contributed by atoms with Crippen LogP contribution in [0, 0.1) is 0 Å². The molecule has 0 aromatic rings. The summed E-state index contributed by atoms with van der Waals surface area (Å²) in [5.74, 6) is 0. The first kappa shape index (κ1) is 9.51. The van der Waals surface area contributed by atoms with Gasteiger partial charge in [0.25, 0.3) is 0 Å². The molecule has 70 valence electrons. The minimum atomic E-state index is -0.0480. The molecule has 0 spiro atoms. The Morgan fingerprint density at radius 2 is 2.42 bits per heavy atom. The molecular weight excluding hydrogens is 156 g/mol. The Morgan fingerprint density at radius 1 is 1.75 bits per heavy atom. The second-order valence-electron chi connectivity index (χ2n) is 2.84. The van der Waals surface area contributed by atoms with Crippen LogP contribution >= 0.6 is 0 Å². The van der Waals surface area contributed by atoms with E-state index in [4.69, 9.17) is 9.84 Å². The molecule has 12 heavy (non-hydrogen) atoms. The number of ether oxygens (including phenoxy) is 1. The summed E-state index contributed by atoms with van der Waals surface area (Å²) in [5, 5.41) is 11.3. The number of nitrogens with zero attached hydrogens (tertiary/aromatic N) is 1. The van der Waals surface area contributed by atoms with Crippen molar-refractivity contribution in [1.82, 2.24) is 10.2 Å². The van der Waals surface area contributed by atoms with Crippen molar-refractivity contribution in [2.75, 3.05) is 13.8 Å². The lowest BCUT2D eigenvalue weighted by molar-refractivity contribution is 0.219. The van der Waals surface area contributed by atoms with Gasteiger partial charge in [-0.2, -0.15) is 0 Å². The van der Waals surface area contributed by atoms with Gasteiger partial charge < -0.3 is 14.7 Å². The monoisotopic (exact) mass is 172 g/mol. The van der Waals surface area contributed by atoms with E-state index in [1.807, 2.05) is 11.9 Å². The summed E-state index contributed by atoms with van der Waals surface area (Å²) < 4.78 is 5.24. The zero-order chi connectivity index (χ0) is 9.14. The number of rotatable bonds is 5. The maximum atomic E-state index is 8.54. The molecule has 2 atom stereocenters. The molecule has 1 saturated heterocycles. The Labute approximate surface area is 72.8 Å². The maximum Gasteiger partial charge on any atom is 0.172 e. The Kier molecular flexibility index (Phi) is 3.08. The number of hydrogen-bond acceptors (Lipinski definition) is 4. The van der Waals surface area contributed by atoms with Crippen LogP contribution in [0.2, 0.25) is 0 Å². The zero-order valence-electron chi connectivity index (χ0n) is 7.58. The number of epoxide rings is 1. The van der Waals surface area contributed by atoms with E-state index in [0.29, 0.717) is 0 Å². The highest BCUT2D eigenvalue weighted by molar-refractivity contribution is 4.97. The van der Waals surface area contributed by atoms with E-state index in [0.717, 1.165) is 12.1 Å². The van der Waals surface area contributed by atoms with E-state index in [1.54, 1.807) is 0 Å². The fourth-order valence-corrected chi connectivity index (χ4v) is 1.07. The van der Waals surface area contributed by atoms with Crippen molar-refractivity contribution in [3.8, 4) is 0 Å². The SMILES string of the molecule is C=C(CC)N(C)[C@@H]1OC1NCO. The average molecular weight is 172 g/mol. The third kappa shape index (κ3) is 1.97. The largest absolute Gasteiger partial charge is 0.381 e. The van der Waals surface area contributed by atoms with Crippen LogP contribution in [0.3, 0.4) is 0 Å². The van der Waals surface area contributed by atoms with Crippen LogP contribution in [-0.2, 0) is 4.74 Å². The van der Waals surface area contributed by atoms with E-state index in [2.05, 4.69) is 18.8 Å². The lowest BCUT2D eigenvalue weighted by atomic mass is 10.3. The Hall–Kier alpha value is -0.580. The van der Waals surface area contributed by atoms with Gasteiger partial charge in [-0.05, 0) is 6.42 Å². The number of hydrogen-bond donors (Lipinski definition) is 2. The minimum absolute atomic E-state index is 0.0386. The van der Waals surface area contributed by atoms with Crippen LogP contribution in [0.5, 0.6) is 0 Å². The first-order chi connectivity index (χ1) is 5.70. The van der Waals surface area contributed by atoms with E-state index in [1.165, 1.54) is 0 Å². The number of aliphatic hydroxyl groups is 1. The molecule has 0 saturated carbocycles. The van der Waals surface area contributed by atoms with Crippen molar-refractivity contribution < 1.29 is 9.84 Å². The molecule has 1 aliphatic rings. The molecule has 0 aromatic heterocycles. The zero-order valence-corrected chi connectivity index (χ0v) is 7.58. The normalized spacial score (nSPS) is 26.9. The molecule has 1 heterocycles. The molecule has 0 radical (unpaired) electrons.